The molecule has 2 aromatic rings. The monoisotopic (exact) mass is 231 g/mol. The molecule has 88 valence electrons. The minimum atomic E-state index is -0.366. The van der Waals surface area contributed by atoms with Gasteiger partial charge in [-0.25, -0.2) is 4.79 Å². The Bertz CT molecular complexity index is 561. The highest BCUT2D eigenvalue weighted by atomic mass is 16.5. The van der Waals surface area contributed by atoms with E-state index < -0.39 is 0 Å². The van der Waals surface area contributed by atoms with Crippen molar-refractivity contribution in [3.05, 3.63) is 35.8 Å². The Morgan fingerprint density at radius 3 is 2.82 bits per heavy atom. The van der Waals surface area contributed by atoms with Crippen LogP contribution in [0.3, 0.4) is 0 Å². The smallest absolute Gasteiger partial charge is 0.337 e. The van der Waals surface area contributed by atoms with Gasteiger partial charge in [0.05, 0.1) is 24.6 Å². The van der Waals surface area contributed by atoms with Gasteiger partial charge in [-0.1, -0.05) is 0 Å². The zero-order valence-corrected chi connectivity index (χ0v) is 9.97. The molecule has 2 heterocycles. The second-order valence-corrected chi connectivity index (χ2v) is 3.69. The average Bonchev–Trinajstić information content (AvgIpc) is 2.69. The van der Waals surface area contributed by atoms with Gasteiger partial charge in [-0.3, -0.25) is 9.67 Å². The van der Waals surface area contributed by atoms with E-state index in [0.29, 0.717) is 5.56 Å². The van der Waals surface area contributed by atoms with Gasteiger partial charge in [0, 0.05) is 24.5 Å². The maximum absolute atomic E-state index is 11.4. The summed E-state index contributed by atoms with van der Waals surface area (Å²) in [6.07, 6.45) is 3.33. The van der Waals surface area contributed by atoms with E-state index >= 15 is 0 Å². The zero-order chi connectivity index (χ0) is 12.4. The standard InChI is InChI=1S/C12H13N3O2/c1-8-10(7-14-15(8)2)11-6-9(4-5-13-11)12(16)17-3/h4-7H,1-3H3. The first kappa shape index (κ1) is 11.3. The lowest BCUT2D eigenvalue weighted by atomic mass is 10.1. The fourth-order valence-electron chi connectivity index (χ4n) is 1.57. The van der Waals surface area contributed by atoms with E-state index in [1.165, 1.54) is 7.11 Å². The normalized spacial score (nSPS) is 10.3. The highest BCUT2D eigenvalue weighted by Crippen LogP contribution is 2.21. The summed E-state index contributed by atoms with van der Waals surface area (Å²) in [5, 5.41) is 4.15. The van der Waals surface area contributed by atoms with E-state index in [-0.39, 0.29) is 5.97 Å². The van der Waals surface area contributed by atoms with Gasteiger partial charge in [-0.15, -0.1) is 0 Å². The number of methoxy groups -OCH3 is 1. The number of carbonyl (C=O) groups excluding carboxylic acids is 1. The van der Waals surface area contributed by atoms with E-state index in [4.69, 9.17) is 0 Å². The molecule has 2 aromatic heterocycles. The van der Waals surface area contributed by atoms with Crippen molar-refractivity contribution in [2.45, 2.75) is 6.92 Å². The molecule has 5 heteroatoms. The van der Waals surface area contributed by atoms with Crippen LogP contribution in [-0.4, -0.2) is 27.8 Å². The Labute approximate surface area is 99.1 Å². The third kappa shape index (κ3) is 2.04. The lowest BCUT2D eigenvalue weighted by Gasteiger charge is -2.03. The molecule has 0 bridgehead atoms. The molecule has 0 aliphatic carbocycles. The summed E-state index contributed by atoms with van der Waals surface area (Å²) in [6.45, 7) is 1.95. The van der Waals surface area contributed by atoms with Crippen LogP contribution in [-0.2, 0) is 11.8 Å². The van der Waals surface area contributed by atoms with Crippen molar-refractivity contribution in [3.8, 4) is 11.3 Å². The van der Waals surface area contributed by atoms with Gasteiger partial charge in [0.25, 0.3) is 0 Å². The number of hydrogen-bond donors (Lipinski definition) is 0. The maximum atomic E-state index is 11.4. The van der Waals surface area contributed by atoms with Crippen LogP contribution in [0.4, 0.5) is 0 Å². The molecule has 0 saturated heterocycles. The van der Waals surface area contributed by atoms with Crippen LogP contribution in [0.15, 0.2) is 24.5 Å². The van der Waals surface area contributed by atoms with Crippen LogP contribution in [0.2, 0.25) is 0 Å². The second kappa shape index (κ2) is 4.37. The minimum absolute atomic E-state index is 0.366. The van der Waals surface area contributed by atoms with Crippen LogP contribution in [0, 0.1) is 6.92 Å². The summed E-state index contributed by atoms with van der Waals surface area (Å²) in [4.78, 5) is 15.7. The van der Waals surface area contributed by atoms with Crippen LogP contribution in [0.5, 0.6) is 0 Å². The molecule has 17 heavy (non-hydrogen) atoms. The molecule has 0 atom stereocenters. The third-order valence-electron chi connectivity index (χ3n) is 2.69. The molecule has 0 aliphatic rings. The fourth-order valence-corrected chi connectivity index (χ4v) is 1.57. The number of aromatic nitrogens is 3. The van der Waals surface area contributed by atoms with Crippen molar-refractivity contribution in [1.82, 2.24) is 14.8 Å². The number of aryl methyl sites for hydroxylation is 1. The first-order valence-electron chi connectivity index (χ1n) is 5.17. The lowest BCUT2D eigenvalue weighted by Crippen LogP contribution is -2.02. The molecular formula is C12H13N3O2. The molecule has 0 fully saturated rings. The van der Waals surface area contributed by atoms with Gasteiger partial charge in [-0.2, -0.15) is 5.10 Å². The largest absolute Gasteiger partial charge is 0.465 e. The Morgan fingerprint density at radius 1 is 1.47 bits per heavy atom. The predicted octanol–water partition coefficient (Wildman–Crippen LogP) is 1.58. The Hall–Kier alpha value is -2.17. The first-order chi connectivity index (χ1) is 8.13. The number of carbonyl (C=O) groups is 1. The number of pyridine rings is 1. The van der Waals surface area contributed by atoms with Crippen LogP contribution in [0.1, 0.15) is 16.1 Å². The molecule has 0 unspecified atom stereocenters. The molecule has 0 N–H and O–H groups in total. The topological polar surface area (TPSA) is 57.0 Å². The van der Waals surface area contributed by atoms with Gasteiger partial charge in [0.1, 0.15) is 0 Å². The highest BCUT2D eigenvalue weighted by Gasteiger charge is 2.11. The summed E-state index contributed by atoms with van der Waals surface area (Å²) in [6, 6.07) is 3.33. The molecule has 0 aromatic carbocycles. The summed E-state index contributed by atoms with van der Waals surface area (Å²) in [7, 11) is 3.22. The van der Waals surface area contributed by atoms with Crippen molar-refractivity contribution >= 4 is 5.97 Å². The Kier molecular flexibility index (Phi) is 2.91. The molecule has 0 saturated carbocycles. The van der Waals surface area contributed by atoms with Crippen molar-refractivity contribution in [2.24, 2.45) is 7.05 Å². The summed E-state index contributed by atoms with van der Waals surface area (Å²) in [5.74, 6) is -0.366. The molecular weight excluding hydrogens is 218 g/mol. The second-order valence-electron chi connectivity index (χ2n) is 3.69. The summed E-state index contributed by atoms with van der Waals surface area (Å²) >= 11 is 0. The average molecular weight is 231 g/mol. The Balaban J connectivity index is 2.47. The number of ether oxygens (including phenoxy) is 1. The van der Waals surface area contributed by atoms with Crippen LogP contribution in [0.25, 0.3) is 11.3 Å². The Morgan fingerprint density at radius 2 is 2.24 bits per heavy atom. The number of rotatable bonds is 2. The van der Waals surface area contributed by atoms with Crippen molar-refractivity contribution in [1.29, 1.82) is 0 Å². The van der Waals surface area contributed by atoms with Gasteiger partial charge >= 0.3 is 5.97 Å². The molecule has 0 radical (unpaired) electrons. The number of hydrogen-bond acceptors (Lipinski definition) is 4. The molecule has 0 amide bonds. The number of esters is 1. The lowest BCUT2D eigenvalue weighted by molar-refractivity contribution is 0.0600. The van der Waals surface area contributed by atoms with Crippen molar-refractivity contribution < 1.29 is 9.53 Å². The van der Waals surface area contributed by atoms with Gasteiger partial charge in [-0.05, 0) is 19.1 Å². The predicted molar refractivity (Wildman–Crippen MR) is 62.5 cm³/mol. The SMILES string of the molecule is COC(=O)c1ccnc(-c2cnn(C)c2C)c1. The minimum Gasteiger partial charge on any atom is -0.465 e. The van der Waals surface area contributed by atoms with Crippen LogP contribution >= 0.6 is 0 Å². The van der Waals surface area contributed by atoms with E-state index in [2.05, 4.69) is 14.8 Å². The molecule has 5 nitrogen and oxygen atoms in total. The summed E-state index contributed by atoms with van der Waals surface area (Å²) < 4.78 is 6.44. The number of nitrogens with zero attached hydrogens (tertiary/aromatic N) is 3. The molecule has 2 rings (SSSR count). The van der Waals surface area contributed by atoms with Gasteiger partial charge < -0.3 is 4.74 Å². The quantitative estimate of drug-likeness (QED) is 0.736. The first-order valence-corrected chi connectivity index (χ1v) is 5.17. The van der Waals surface area contributed by atoms with E-state index in [9.17, 15) is 4.79 Å². The fraction of sp³-hybridized carbons (Fsp3) is 0.250. The highest BCUT2D eigenvalue weighted by molar-refractivity contribution is 5.90. The zero-order valence-electron chi connectivity index (χ0n) is 9.97. The van der Waals surface area contributed by atoms with Crippen molar-refractivity contribution in [2.75, 3.05) is 7.11 Å². The molecule has 0 aliphatic heterocycles. The third-order valence-corrected chi connectivity index (χ3v) is 2.69. The van der Waals surface area contributed by atoms with Gasteiger partial charge in [0.15, 0.2) is 0 Å². The van der Waals surface area contributed by atoms with E-state index in [1.54, 1.807) is 29.2 Å². The van der Waals surface area contributed by atoms with E-state index in [1.807, 2.05) is 14.0 Å². The van der Waals surface area contributed by atoms with E-state index in [0.717, 1.165) is 17.0 Å². The summed E-state index contributed by atoms with van der Waals surface area (Å²) in [5.41, 5.74) is 3.12. The van der Waals surface area contributed by atoms with Crippen molar-refractivity contribution in [3.63, 3.8) is 0 Å². The molecule has 0 spiro atoms. The van der Waals surface area contributed by atoms with Crippen LogP contribution < -0.4 is 0 Å². The van der Waals surface area contributed by atoms with Gasteiger partial charge in [0.2, 0.25) is 0 Å². The maximum Gasteiger partial charge on any atom is 0.337 e.